The minimum Gasteiger partial charge on any atom is -0.263 e. The van der Waals surface area contributed by atoms with Crippen LogP contribution in [-0.4, -0.2) is 8.25 Å². The number of hydrogen-bond acceptors (Lipinski definition) is 2. The zero-order valence-corrected chi connectivity index (χ0v) is 10.1. The van der Waals surface area contributed by atoms with Gasteiger partial charge in [-0.25, -0.2) is 0 Å². The number of nitriles is 1. The molecule has 0 atom stereocenters. The van der Waals surface area contributed by atoms with Crippen LogP contribution in [0, 0.1) is 18.3 Å². The molecule has 0 saturated heterocycles. The van der Waals surface area contributed by atoms with Gasteiger partial charge in [0.15, 0.2) is 0 Å². The monoisotopic (exact) mass is 300 g/mol. The maximum Gasteiger partial charge on any atom is 0.353 e. The van der Waals surface area contributed by atoms with Gasteiger partial charge in [-0.15, -0.1) is 0 Å². The molecule has 0 amide bonds. The van der Waals surface area contributed by atoms with Crippen molar-refractivity contribution in [2.45, 2.75) is 16.0 Å². The van der Waals surface area contributed by atoms with Crippen LogP contribution in [-0.2, 0) is 0 Å². The van der Waals surface area contributed by atoms with Gasteiger partial charge >= 0.3 is 4.16 Å². The molecule has 2 nitrogen and oxygen atoms in total. The van der Waals surface area contributed by atoms with Crippen molar-refractivity contribution in [2.24, 2.45) is 0 Å². The summed E-state index contributed by atoms with van der Waals surface area (Å²) >= 11 is 8.08. The summed E-state index contributed by atoms with van der Waals surface area (Å²) in [5, 5.41) is 8.66. The third-order valence-electron chi connectivity index (χ3n) is 1.47. The molecule has 14 heavy (non-hydrogen) atoms. The highest BCUT2D eigenvalue weighted by Crippen LogP contribution is 2.43. The number of alkyl halides is 3. The van der Waals surface area contributed by atoms with Gasteiger partial charge < -0.3 is 0 Å². The maximum absolute atomic E-state index is 12.6. The van der Waals surface area contributed by atoms with E-state index in [4.69, 9.17) is 17.0 Å². The number of thioether (sulfide) groups is 1. The minimum atomic E-state index is -3.10. The van der Waals surface area contributed by atoms with Gasteiger partial charge in [0.05, 0.1) is 10.5 Å². The largest absolute Gasteiger partial charge is 0.353 e. The molecule has 0 radical (unpaired) electrons. The third-order valence-corrected chi connectivity index (χ3v) is 3.26. The van der Waals surface area contributed by atoms with Crippen molar-refractivity contribution in [2.75, 3.05) is 0 Å². The van der Waals surface area contributed by atoms with Gasteiger partial charge in [-0.1, -0.05) is 0 Å². The Hall–Kier alpha value is -0.250. The molecular formula is C7H4BrClF2N2S. The van der Waals surface area contributed by atoms with E-state index in [9.17, 15) is 8.78 Å². The zero-order chi connectivity index (χ0) is 10.9. The molecule has 0 fully saturated rings. The van der Waals surface area contributed by atoms with E-state index in [1.807, 2.05) is 0 Å². The zero-order valence-electron chi connectivity index (χ0n) is 6.89. The quantitative estimate of drug-likeness (QED) is 0.615. The molecule has 0 aliphatic heterocycles. The van der Waals surface area contributed by atoms with Gasteiger partial charge in [-0.2, -0.15) is 14.0 Å². The predicted octanol–water partition coefficient (Wildman–Crippen LogP) is 3.71. The summed E-state index contributed by atoms with van der Waals surface area (Å²) in [6.07, 6.45) is 1.30. The van der Waals surface area contributed by atoms with Crippen LogP contribution in [0.4, 0.5) is 8.78 Å². The first-order valence-corrected chi connectivity index (χ1v) is 5.34. The summed E-state index contributed by atoms with van der Waals surface area (Å²) in [6, 6.07) is 1.80. The lowest BCUT2D eigenvalue weighted by Crippen LogP contribution is -1.97. The van der Waals surface area contributed by atoms with Gasteiger partial charge in [0.2, 0.25) is 0 Å². The molecule has 0 bridgehead atoms. The van der Waals surface area contributed by atoms with Crippen molar-refractivity contribution in [3.8, 4) is 6.07 Å². The average molecular weight is 302 g/mol. The molecule has 7 heteroatoms. The molecule has 0 N–H and O–H groups in total. The molecule has 1 rings (SSSR count). The standard InChI is InChI=1S/C7H4BrClF2N2S/c1-4-6(14-7(8,10)11)5(2-12)3-13(4)9/h3H,1H3. The first-order valence-electron chi connectivity index (χ1n) is 3.39. The fraction of sp³-hybridized carbons (Fsp3) is 0.286. The van der Waals surface area contributed by atoms with Crippen LogP contribution in [0.25, 0.3) is 0 Å². The SMILES string of the molecule is Cc1c(SC(F)(F)Br)c(C#N)cn1Cl. The van der Waals surface area contributed by atoms with E-state index in [0.717, 1.165) is 4.09 Å². The van der Waals surface area contributed by atoms with E-state index in [1.165, 1.54) is 6.20 Å². The highest BCUT2D eigenvalue weighted by Gasteiger charge is 2.29. The van der Waals surface area contributed by atoms with Crippen LogP contribution in [0.1, 0.15) is 11.3 Å². The Morgan fingerprint density at radius 1 is 1.71 bits per heavy atom. The number of hydrogen-bond donors (Lipinski definition) is 0. The van der Waals surface area contributed by atoms with Gasteiger partial charge in [0, 0.05) is 39.6 Å². The van der Waals surface area contributed by atoms with E-state index in [-0.39, 0.29) is 22.2 Å². The lowest BCUT2D eigenvalue weighted by atomic mass is 10.3. The van der Waals surface area contributed by atoms with Crippen molar-refractivity contribution >= 4 is 39.5 Å². The fourth-order valence-electron chi connectivity index (χ4n) is 0.885. The molecule has 76 valence electrons. The average Bonchev–Trinajstić information content (AvgIpc) is 2.30. The second-order valence-corrected chi connectivity index (χ2v) is 5.44. The molecule has 1 heterocycles. The Labute approximate surface area is 97.1 Å². The molecule has 1 aromatic rings. The van der Waals surface area contributed by atoms with Crippen molar-refractivity contribution in [1.82, 2.24) is 4.09 Å². The Morgan fingerprint density at radius 3 is 2.71 bits per heavy atom. The van der Waals surface area contributed by atoms with Crippen LogP contribution < -0.4 is 0 Å². The second kappa shape index (κ2) is 4.09. The van der Waals surface area contributed by atoms with Crippen LogP contribution >= 0.6 is 39.5 Å². The highest BCUT2D eigenvalue weighted by molar-refractivity contribution is 9.11. The lowest BCUT2D eigenvalue weighted by Gasteiger charge is -2.07. The smallest absolute Gasteiger partial charge is 0.263 e. The van der Waals surface area contributed by atoms with Crippen LogP contribution in [0.2, 0.25) is 0 Å². The van der Waals surface area contributed by atoms with Gasteiger partial charge in [0.25, 0.3) is 0 Å². The van der Waals surface area contributed by atoms with Gasteiger partial charge in [-0.3, -0.25) is 4.09 Å². The number of aromatic nitrogens is 1. The van der Waals surface area contributed by atoms with E-state index in [1.54, 1.807) is 13.0 Å². The van der Waals surface area contributed by atoms with Crippen molar-refractivity contribution < 1.29 is 8.78 Å². The van der Waals surface area contributed by atoms with Crippen LogP contribution in [0.5, 0.6) is 0 Å². The van der Waals surface area contributed by atoms with E-state index >= 15 is 0 Å². The minimum absolute atomic E-state index is 0.140. The Kier molecular flexibility index (Phi) is 3.45. The van der Waals surface area contributed by atoms with Gasteiger partial charge in [0.1, 0.15) is 6.07 Å². The first-order chi connectivity index (χ1) is 6.35. The summed E-state index contributed by atoms with van der Waals surface area (Å²) in [6.45, 7) is 1.56. The third kappa shape index (κ3) is 2.62. The fourth-order valence-corrected chi connectivity index (χ4v) is 2.29. The van der Waals surface area contributed by atoms with Crippen molar-refractivity contribution in [3.05, 3.63) is 17.5 Å². The molecule has 0 saturated carbocycles. The molecular weight excluding hydrogens is 298 g/mol. The predicted molar refractivity (Wildman–Crippen MR) is 54.9 cm³/mol. The van der Waals surface area contributed by atoms with E-state index in [2.05, 4.69) is 15.9 Å². The molecule has 1 aromatic heterocycles. The summed E-state index contributed by atoms with van der Waals surface area (Å²) in [5.74, 6) is 0. The van der Waals surface area contributed by atoms with Crippen LogP contribution in [0.15, 0.2) is 11.1 Å². The maximum atomic E-state index is 12.6. The molecule has 0 aromatic carbocycles. The number of rotatable bonds is 2. The molecule has 0 aliphatic rings. The molecule has 0 aliphatic carbocycles. The van der Waals surface area contributed by atoms with Crippen molar-refractivity contribution in [1.29, 1.82) is 5.26 Å². The topological polar surface area (TPSA) is 28.7 Å². The Balaban J connectivity index is 3.14. The van der Waals surface area contributed by atoms with E-state index in [0.29, 0.717) is 5.69 Å². The number of nitrogens with zero attached hydrogens (tertiary/aromatic N) is 2. The number of halogens is 4. The van der Waals surface area contributed by atoms with Crippen LogP contribution in [0.3, 0.4) is 0 Å². The van der Waals surface area contributed by atoms with E-state index < -0.39 is 4.16 Å². The summed E-state index contributed by atoms with van der Waals surface area (Å²) in [5.41, 5.74) is 0.564. The molecule has 0 unspecified atom stereocenters. The van der Waals surface area contributed by atoms with Crippen molar-refractivity contribution in [3.63, 3.8) is 0 Å². The normalized spacial score (nSPS) is 11.4. The second-order valence-electron chi connectivity index (χ2n) is 2.43. The first kappa shape index (κ1) is 11.8. The Bertz CT molecular complexity index is 394. The summed E-state index contributed by atoms with van der Waals surface area (Å²) in [7, 11) is 0. The lowest BCUT2D eigenvalue weighted by molar-refractivity contribution is 0.220. The Morgan fingerprint density at radius 2 is 2.29 bits per heavy atom. The summed E-state index contributed by atoms with van der Waals surface area (Å²) < 4.78 is 23.3. The molecule has 0 spiro atoms. The summed E-state index contributed by atoms with van der Waals surface area (Å²) in [4.78, 5) is 0.185. The van der Waals surface area contributed by atoms with Gasteiger partial charge in [-0.05, 0) is 18.7 Å². The highest BCUT2D eigenvalue weighted by atomic mass is 79.9.